The summed E-state index contributed by atoms with van der Waals surface area (Å²) >= 11 is 1.55. The highest BCUT2D eigenvalue weighted by Gasteiger charge is 2.07. The zero-order chi connectivity index (χ0) is 14.3. The summed E-state index contributed by atoms with van der Waals surface area (Å²) in [6.45, 7) is 2.13. The summed E-state index contributed by atoms with van der Waals surface area (Å²) in [6.07, 6.45) is 0. The van der Waals surface area contributed by atoms with E-state index in [1.165, 1.54) is 16.0 Å². The first-order chi connectivity index (χ1) is 9.00. The van der Waals surface area contributed by atoms with Gasteiger partial charge in [0.05, 0.1) is 12.3 Å². The number of rotatable bonds is 6. The highest BCUT2D eigenvalue weighted by atomic mass is 32.2. The van der Waals surface area contributed by atoms with E-state index >= 15 is 0 Å². The standard InChI is InChI=1S/C14H20N2O2S/c1-11-6-4-5-7-12(11)9-19-10-13(17)15-8-14(18)16(2)3/h4-7H,8-10H2,1-3H3,(H,15,17). The lowest BCUT2D eigenvalue weighted by atomic mass is 10.1. The average molecular weight is 280 g/mol. The molecule has 2 amide bonds. The Labute approximate surface area is 118 Å². The van der Waals surface area contributed by atoms with E-state index in [4.69, 9.17) is 0 Å². The van der Waals surface area contributed by atoms with Crippen LogP contribution in [-0.2, 0) is 15.3 Å². The number of thioether (sulfide) groups is 1. The van der Waals surface area contributed by atoms with Crippen LogP contribution in [0.1, 0.15) is 11.1 Å². The lowest BCUT2D eigenvalue weighted by molar-refractivity contribution is -0.130. The number of likely N-dealkylation sites (N-methyl/N-ethyl adjacent to an activating group) is 1. The third-order valence-electron chi connectivity index (χ3n) is 2.69. The van der Waals surface area contributed by atoms with Crippen LogP contribution in [0.25, 0.3) is 0 Å². The van der Waals surface area contributed by atoms with Crippen LogP contribution in [0.2, 0.25) is 0 Å². The van der Waals surface area contributed by atoms with Crippen LogP contribution >= 0.6 is 11.8 Å². The molecule has 0 aromatic heterocycles. The molecule has 4 nitrogen and oxygen atoms in total. The molecule has 0 fully saturated rings. The molecule has 0 saturated heterocycles. The first kappa shape index (κ1) is 15.6. The van der Waals surface area contributed by atoms with Gasteiger partial charge < -0.3 is 10.2 Å². The summed E-state index contributed by atoms with van der Waals surface area (Å²) in [6, 6.07) is 8.13. The van der Waals surface area contributed by atoms with Gasteiger partial charge in [0.25, 0.3) is 0 Å². The second-order valence-corrected chi connectivity index (χ2v) is 5.47. The summed E-state index contributed by atoms with van der Waals surface area (Å²) in [5.74, 6) is 0.975. The van der Waals surface area contributed by atoms with Crippen LogP contribution in [-0.4, -0.2) is 43.1 Å². The van der Waals surface area contributed by atoms with E-state index < -0.39 is 0 Å². The van der Waals surface area contributed by atoms with Crippen LogP contribution in [0.15, 0.2) is 24.3 Å². The highest BCUT2D eigenvalue weighted by Crippen LogP contribution is 2.15. The third kappa shape index (κ3) is 5.79. The Kier molecular flexibility index (Phi) is 6.42. The zero-order valence-electron chi connectivity index (χ0n) is 11.6. The van der Waals surface area contributed by atoms with E-state index in [9.17, 15) is 9.59 Å². The van der Waals surface area contributed by atoms with Crippen LogP contribution in [0.3, 0.4) is 0 Å². The Hall–Kier alpha value is -1.49. The Balaban J connectivity index is 2.24. The number of carbonyl (C=O) groups is 2. The van der Waals surface area contributed by atoms with Crippen molar-refractivity contribution in [2.24, 2.45) is 0 Å². The molecule has 0 spiro atoms. The van der Waals surface area contributed by atoms with Crippen molar-refractivity contribution >= 4 is 23.6 Å². The predicted molar refractivity (Wildman–Crippen MR) is 79.0 cm³/mol. The number of hydrogen-bond donors (Lipinski definition) is 1. The van der Waals surface area contributed by atoms with Crippen molar-refractivity contribution in [1.29, 1.82) is 0 Å². The molecule has 1 aromatic carbocycles. The van der Waals surface area contributed by atoms with Crippen LogP contribution < -0.4 is 5.32 Å². The van der Waals surface area contributed by atoms with Gasteiger partial charge in [-0.2, -0.15) is 0 Å². The van der Waals surface area contributed by atoms with E-state index in [1.54, 1.807) is 25.9 Å². The summed E-state index contributed by atoms with van der Waals surface area (Å²) in [4.78, 5) is 24.3. The maximum atomic E-state index is 11.5. The molecule has 0 unspecified atom stereocenters. The van der Waals surface area contributed by atoms with Gasteiger partial charge >= 0.3 is 0 Å². The summed E-state index contributed by atoms with van der Waals surface area (Å²) in [7, 11) is 3.34. The van der Waals surface area contributed by atoms with Gasteiger partial charge in [0.1, 0.15) is 0 Å². The van der Waals surface area contributed by atoms with Crippen molar-refractivity contribution in [1.82, 2.24) is 10.2 Å². The Morgan fingerprint density at radius 1 is 1.26 bits per heavy atom. The fraction of sp³-hybridized carbons (Fsp3) is 0.429. The second kappa shape index (κ2) is 7.84. The topological polar surface area (TPSA) is 49.4 Å². The van der Waals surface area contributed by atoms with Gasteiger partial charge in [-0.1, -0.05) is 24.3 Å². The first-order valence-corrected chi connectivity index (χ1v) is 7.25. The van der Waals surface area contributed by atoms with Crippen molar-refractivity contribution < 1.29 is 9.59 Å². The minimum Gasteiger partial charge on any atom is -0.347 e. The smallest absolute Gasteiger partial charge is 0.241 e. The van der Waals surface area contributed by atoms with Gasteiger partial charge in [-0.15, -0.1) is 11.8 Å². The lowest BCUT2D eigenvalue weighted by Crippen LogP contribution is -2.37. The number of nitrogens with zero attached hydrogens (tertiary/aromatic N) is 1. The molecule has 1 rings (SSSR count). The molecule has 0 aliphatic carbocycles. The molecule has 0 bridgehead atoms. The van der Waals surface area contributed by atoms with Gasteiger partial charge in [-0.25, -0.2) is 0 Å². The van der Waals surface area contributed by atoms with Crippen LogP contribution in [0.4, 0.5) is 0 Å². The molecule has 0 aliphatic rings. The Bertz CT molecular complexity index is 447. The monoisotopic (exact) mass is 280 g/mol. The maximum Gasteiger partial charge on any atom is 0.241 e. The molecule has 0 atom stereocenters. The van der Waals surface area contributed by atoms with E-state index in [-0.39, 0.29) is 18.4 Å². The van der Waals surface area contributed by atoms with Gasteiger partial charge in [0, 0.05) is 19.8 Å². The Morgan fingerprint density at radius 2 is 1.95 bits per heavy atom. The number of amides is 2. The number of nitrogens with one attached hydrogen (secondary N) is 1. The Morgan fingerprint density at radius 3 is 2.58 bits per heavy atom. The minimum atomic E-state index is -0.103. The number of aryl methyl sites for hydroxylation is 1. The van der Waals surface area contributed by atoms with Gasteiger partial charge in [-0.3, -0.25) is 9.59 Å². The molecule has 1 aromatic rings. The lowest BCUT2D eigenvalue weighted by Gasteiger charge is -2.11. The summed E-state index contributed by atoms with van der Waals surface area (Å²) < 4.78 is 0. The molecule has 5 heteroatoms. The van der Waals surface area contributed by atoms with E-state index in [2.05, 4.69) is 24.4 Å². The summed E-state index contributed by atoms with van der Waals surface area (Å²) in [5.41, 5.74) is 2.47. The molecule has 104 valence electrons. The zero-order valence-corrected chi connectivity index (χ0v) is 12.4. The van der Waals surface area contributed by atoms with Gasteiger partial charge in [0.2, 0.25) is 11.8 Å². The molecule has 19 heavy (non-hydrogen) atoms. The maximum absolute atomic E-state index is 11.5. The largest absolute Gasteiger partial charge is 0.347 e. The van der Waals surface area contributed by atoms with Gasteiger partial charge in [0.15, 0.2) is 0 Å². The number of carbonyl (C=O) groups excluding carboxylic acids is 2. The number of hydrogen-bond acceptors (Lipinski definition) is 3. The van der Waals surface area contributed by atoms with Crippen molar-refractivity contribution in [3.05, 3.63) is 35.4 Å². The van der Waals surface area contributed by atoms with E-state index in [0.717, 1.165) is 5.75 Å². The normalized spacial score (nSPS) is 10.1. The minimum absolute atomic E-state index is 0.0662. The average Bonchev–Trinajstić information content (AvgIpc) is 2.38. The van der Waals surface area contributed by atoms with Crippen molar-refractivity contribution in [3.63, 3.8) is 0 Å². The van der Waals surface area contributed by atoms with Crippen molar-refractivity contribution in [3.8, 4) is 0 Å². The fourth-order valence-corrected chi connectivity index (χ4v) is 2.34. The second-order valence-electron chi connectivity index (χ2n) is 4.48. The van der Waals surface area contributed by atoms with Crippen molar-refractivity contribution in [2.45, 2.75) is 12.7 Å². The molecule has 0 radical (unpaired) electrons. The van der Waals surface area contributed by atoms with E-state index in [0.29, 0.717) is 5.75 Å². The fourth-order valence-electron chi connectivity index (χ4n) is 1.41. The van der Waals surface area contributed by atoms with E-state index in [1.807, 2.05) is 12.1 Å². The molecule has 1 N–H and O–H groups in total. The predicted octanol–water partition coefficient (Wildman–Crippen LogP) is 1.43. The van der Waals surface area contributed by atoms with Crippen molar-refractivity contribution in [2.75, 3.05) is 26.4 Å². The van der Waals surface area contributed by atoms with Crippen LogP contribution in [0, 0.1) is 6.92 Å². The molecule has 0 aliphatic heterocycles. The van der Waals surface area contributed by atoms with Gasteiger partial charge in [-0.05, 0) is 18.1 Å². The molecular formula is C14H20N2O2S. The van der Waals surface area contributed by atoms with Crippen LogP contribution in [0.5, 0.6) is 0 Å². The SMILES string of the molecule is Cc1ccccc1CSCC(=O)NCC(=O)N(C)C. The first-order valence-electron chi connectivity index (χ1n) is 6.10. The third-order valence-corrected chi connectivity index (χ3v) is 3.67. The quantitative estimate of drug-likeness (QED) is 0.857. The molecule has 0 heterocycles. The number of benzene rings is 1. The molecule has 0 saturated carbocycles. The summed E-state index contributed by atoms with van der Waals surface area (Å²) in [5, 5.41) is 2.61. The highest BCUT2D eigenvalue weighted by molar-refractivity contribution is 7.99. The molecular weight excluding hydrogens is 260 g/mol.